The Hall–Kier alpha value is -0.570. The maximum absolute atomic E-state index is 12.6. The van der Waals surface area contributed by atoms with Gasteiger partial charge in [0.15, 0.2) is 0 Å². The van der Waals surface area contributed by atoms with Gasteiger partial charge in [0.25, 0.3) is 0 Å². The third kappa shape index (κ3) is 4.40. The van der Waals surface area contributed by atoms with Crippen LogP contribution in [0.15, 0.2) is 0 Å². The van der Waals surface area contributed by atoms with Crippen molar-refractivity contribution in [3.8, 4) is 0 Å². The van der Waals surface area contributed by atoms with Gasteiger partial charge in [0, 0.05) is 6.42 Å². The van der Waals surface area contributed by atoms with Gasteiger partial charge in [-0.25, -0.2) is 0 Å². The Labute approximate surface area is 154 Å². The molecule has 1 atom stereocenters. The fraction of sp³-hybridized carbons (Fsp3) is 0.955. The molecule has 0 heterocycles. The van der Waals surface area contributed by atoms with E-state index in [4.69, 9.17) is 9.47 Å². The van der Waals surface area contributed by atoms with Crippen LogP contribution >= 0.6 is 0 Å². The smallest absolute Gasteiger partial charge is 0.313 e. The van der Waals surface area contributed by atoms with Crippen molar-refractivity contribution in [1.82, 2.24) is 0 Å². The molecule has 0 spiro atoms. The molecule has 0 radical (unpaired) electrons. The van der Waals surface area contributed by atoms with Crippen molar-refractivity contribution in [2.75, 3.05) is 0 Å². The molecule has 0 aromatic rings. The molecule has 0 aromatic heterocycles. The highest BCUT2D eigenvalue weighted by Gasteiger charge is 2.50. The van der Waals surface area contributed by atoms with E-state index >= 15 is 0 Å². The van der Waals surface area contributed by atoms with E-state index in [1.54, 1.807) is 0 Å². The lowest BCUT2D eigenvalue weighted by atomic mass is 9.55. The summed E-state index contributed by atoms with van der Waals surface area (Å²) in [7, 11) is 0. The minimum absolute atomic E-state index is 0.0766. The first-order chi connectivity index (χ1) is 11.6. The van der Waals surface area contributed by atoms with E-state index in [9.17, 15) is 4.79 Å². The van der Waals surface area contributed by atoms with Crippen molar-refractivity contribution in [3.05, 3.63) is 0 Å². The Kier molecular flexibility index (Phi) is 5.27. The average Bonchev–Trinajstić information content (AvgIpc) is 2.48. The Morgan fingerprint density at radius 1 is 0.960 bits per heavy atom. The van der Waals surface area contributed by atoms with Crippen LogP contribution in [0.1, 0.15) is 86.5 Å². The zero-order valence-corrected chi connectivity index (χ0v) is 17.1. The van der Waals surface area contributed by atoms with Gasteiger partial charge in [0.1, 0.15) is 0 Å². The monoisotopic (exact) mass is 350 g/mol. The van der Waals surface area contributed by atoms with E-state index in [1.807, 2.05) is 20.8 Å². The third-order valence-electron chi connectivity index (χ3n) is 6.90. The van der Waals surface area contributed by atoms with Crippen molar-refractivity contribution >= 4 is 5.97 Å². The summed E-state index contributed by atoms with van der Waals surface area (Å²) in [5, 5.41) is 0. The van der Waals surface area contributed by atoms with Gasteiger partial charge in [-0.2, -0.15) is 0 Å². The highest BCUT2D eigenvalue weighted by molar-refractivity contribution is 5.75. The first kappa shape index (κ1) is 19.2. The summed E-state index contributed by atoms with van der Waals surface area (Å²) in [6, 6.07) is 0. The van der Waals surface area contributed by atoms with Crippen LogP contribution in [-0.2, 0) is 14.3 Å². The molecule has 0 aliphatic heterocycles. The fourth-order valence-corrected chi connectivity index (χ4v) is 5.31. The molecule has 0 saturated heterocycles. The van der Waals surface area contributed by atoms with Crippen molar-refractivity contribution in [3.63, 3.8) is 0 Å². The number of hydrogen-bond donors (Lipinski definition) is 0. The summed E-state index contributed by atoms with van der Waals surface area (Å²) in [5.74, 6) is 3.14. The molecule has 0 N–H and O–H groups in total. The zero-order valence-electron chi connectivity index (χ0n) is 17.1. The number of hydrogen-bond acceptors (Lipinski definition) is 3. The maximum Gasteiger partial charge on any atom is 0.313 e. The number of carbonyl (C=O) groups is 1. The molecule has 4 bridgehead atoms. The largest absolute Gasteiger partial charge is 0.435 e. The van der Waals surface area contributed by atoms with Crippen molar-refractivity contribution in [2.45, 2.75) is 98.9 Å². The SMILES string of the molecule is CCC(C)(C)C(=O)OC(CC(C)(C)C)OC1C2CC3CC(C2)CC1C3. The summed E-state index contributed by atoms with van der Waals surface area (Å²) in [5.41, 5.74) is -0.364. The molecule has 3 nitrogen and oxygen atoms in total. The number of rotatable bonds is 6. The molecule has 4 fully saturated rings. The van der Waals surface area contributed by atoms with Gasteiger partial charge < -0.3 is 9.47 Å². The van der Waals surface area contributed by atoms with E-state index < -0.39 is 11.7 Å². The Balaban J connectivity index is 1.68. The second-order valence-electron chi connectivity index (χ2n) is 10.9. The van der Waals surface area contributed by atoms with Crippen LogP contribution in [0.5, 0.6) is 0 Å². The molecular weight excluding hydrogens is 312 g/mol. The molecular formula is C22H38O3. The van der Waals surface area contributed by atoms with Crippen LogP contribution in [0.3, 0.4) is 0 Å². The standard InChI is InChI=1S/C22H38O3/c1-7-22(5,6)20(23)25-18(13-21(2,3)4)24-19-16-9-14-8-15(11-16)12-17(19)10-14/h14-19H,7-13H2,1-6H3. The topological polar surface area (TPSA) is 35.5 Å². The van der Waals surface area contributed by atoms with Crippen LogP contribution in [0.2, 0.25) is 0 Å². The minimum atomic E-state index is -0.441. The lowest BCUT2D eigenvalue weighted by molar-refractivity contribution is -0.236. The minimum Gasteiger partial charge on any atom is -0.435 e. The van der Waals surface area contributed by atoms with Crippen molar-refractivity contribution < 1.29 is 14.3 Å². The third-order valence-corrected chi connectivity index (χ3v) is 6.90. The molecule has 4 rings (SSSR count). The highest BCUT2D eigenvalue weighted by Crippen LogP contribution is 2.55. The highest BCUT2D eigenvalue weighted by atomic mass is 16.7. The van der Waals surface area contributed by atoms with Gasteiger partial charge in [-0.3, -0.25) is 4.79 Å². The molecule has 4 aliphatic carbocycles. The van der Waals surface area contributed by atoms with E-state index in [-0.39, 0.29) is 11.4 Å². The van der Waals surface area contributed by atoms with Gasteiger partial charge in [-0.15, -0.1) is 0 Å². The van der Waals surface area contributed by atoms with Crippen molar-refractivity contribution in [2.24, 2.45) is 34.5 Å². The normalized spacial score (nSPS) is 35.7. The van der Waals surface area contributed by atoms with Gasteiger partial charge >= 0.3 is 5.97 Å². The Morgan fingerprint density at radius 2 is 1.48 bits per heavy atom. The summed E-state index contributed by atoms with van der Waals surface area (Å²) < 4.78 is 12.5. The number of esters is 1. The predicted molar refractivity (Wildman–Crippen MR) is 99.9 cm³/mol. The van der Waals surface area contributed by atoms with Gasteiger partial charge in [-0.1, -0.05) is 27.7 Å². The molecule has 4 saturated carbocycles. The number of carbonyl (C=O) groups excluding carboxylic acids is 1. The van der Waals surface area contributed by atoms with Crippen LogP contribution in [-0.4, -0.2) is 18.4 Å². The molecule has 3 heteroatoms. The summed E-state index contributed by atoms with van der Waals surface area (Å²) >= 11 is 0. The Bertz CT molecular complexity index is 460. The maximum atomic E-state index is 12.6. The molecule has 0 amide bonds. The first-order valence-corrected chi connectivity index (χ1v) is 10.4. The first-order valence-electron chi connectivity index (χ1n) is 10.4. The molecule has 4 aliphatic rings. The second-order valence-corrected chi connectivity index (χ2v) is 10.9. The number of ether oxygens (including phenoxy) is 2. The lowest BCUT2D eigenvalue weighted by Crippen LogP contribution is -2.51. The molecule has 144 valence electrons. The van der Waals surface area contributed by atoms with Crippen LogP contribution in [0, 0.1) is 34.5 Å². The summed E-state index contributed by atoms with van der Waals surface area (Å²) in [6.07, 6.45) is 8.21. The summed E-state index contributed by atoms with van der Waals surface area (Å²) in [4.78, 5) is 12.6. The average molecular weight is 351 g/mol. The summed E-state index contributed by atoms with van der Waals surface area (Å²) in [6.45, 7) is 12.6. The predicted octanol–water partition coefficient (Wildman–Crippen LogP) is 5.57. The van der Waals surface area contributed by atoms with Gasteiger partial charge in [0.05, 0.1) is 11.5 Å². The van der Waals surface area contributed by atoms with Gasteiger partial charge in [-0.05, 0) is 81.5 Å². The molecule has 25 heavy (non-hydrogen) atoms. The van der Waals surface area contributed by atoms with Crippen LogP contribution in [0.4, 0.5) is 0 Å². The zero-order chi connectivity index (χ0) is 18.4. The van der Waals surface area contributed by atoms with Crippen LogP contribution in [0.25, 0.3) is 0 Å². The van der Waals surface area contributed by atoms with Gasteiger partial charge in [0.2, 0.25) is 6.29 Å². The lowest BCUT2D eigenvalue weighted by Gasteiger charge is -2.54. The van der Waals surface area contributed by atoms with Crippen molar-refractivity contribution in [1.29, 1.82) is 0 Å². The van der Waals surface area contributed by atoms with E-state index in [0.717, 1.165) is 24.7 Å². The Morgan fingerprint density at radius 3 is 1.92 bits per heavy atom. The second kappa shape index (κ2) is 6.87. The van der Waals surface area contributed by atoms with E-state index in [0.29, 0.717) is 17.9 Å². The molecule has 0 aromatic carbocycles. The van der Waals surface area contributed by atoms with E-state index in [2.05, 4.69) is 20.8 Å². The quantitative estimate of drug-likeness (QED) is 0.464. The fourth-order valence-electron chi connectivity index (χ4n) is 5.31. The van der Waals surface area contributed by atoms with Crippen LogP contribution < -0.4 is 0 Å². The van der Waals surface area contributed by atoms with E-state index in [1.165, 1.54) is 32.1 Å². The molecule has 1 unspecified atom stereocenters.